The molecule has 6 nitrogen and oxygen atoms in total. The van der Waals surface area contributed by atoms with Crippen molar-refractivity contribution in [3.63, 3.8) is 0 Å². The highest BCUT2D eigenvalue weighted by Gasteiger charge is 2.20. The molecule has 0 radical (unpaired) electrons. The molecule has 0 aliphatic heterocycles. The Bertz CT molecular complexity index is 1390. The third-order valence-electron chi connectivity index (χ3n) is 5.32. The molecule has 9 heteroatoms. The molecule has 1 amide bonds. The molecule has 0 unspecified atom stereocenters. The van der Waals surface area contributed by atoms with Crippen LogP contribution >= 0.6 is 34.7 Å². The van der Waals surface area contributed by atoms with Crippen LogP contribution in [-0.4, -0.2) is 26.2 Å². The van der Waals surface area contributed by atoms with E-state index in [0.29, 0.717) is 26.2 Å². The van der Waals surface area contributed by atoms with Crippen LogP contribution in [-0.2, 0) is 4.79 Å². The third-order valence-corrected chi connectivity index (χ3v) is 7.58. The summed E-state index contributed by atoms with van der Waals surface area (Å²) in [6, 6.07) is 9.14. The summed E-state index contributed by atoms with van der Waals surface area (Å²) in [7, 11) is 0. The average Bonchev–Trinajstić information content (AvgIpc) is 3.04. The number of fused-ring (bicyclic) bond motifs is 1. The number of aromatic nitrogens is 3. The lowest BCUT2D eigenvalue weighted by molar-refractivity contribution is -0.113. The number of thiophene rings is 1. The molecule has 4 rings (SSSR count). The lowest BCUT2D eigenvalue weighted by Crippen LogP contribution is -2.23. The molecule has 4 aromatic rings. The molecular formula is C23H21ClN4O2S2. The van der Waals surface area contributed by atoms with Crippen LogP contribution in [0.2, 0.25) is 5.02 Å². The van der Waals surface area contributed by atoms with E-state index in [4.69, 9.17) is 16.6 Å². The van der Waals surface area contributed by atoms with Gasteiger partial charge in [-0.1, -0.05) is 35.5 Å². The van der Waals surface area contributed by atoms with Gasteiger partial charge in [-0.05, 0) is 62.6 Å². The van der Waals surface area contributed by atoms with Crippen LogP contribution in [0.5, 0.6) is 0 Å². The van der Waals surface area contributed by atoms with E-state index in [1.807, 2.05) is 45.9 Å². The maximum Gasteiger partial charge on any atom is 0.267 e. The molecule has 0 fully saturated rings. The van der Waals surface area contributed by atoms with E-state index in [1.165, 1.54) is 29.3 Å². The molecule has 3 heterocycles. The quantitative estimate of drug-likeness (QED) is 0.300. The number of aryl methyl sites for hydroxylation is 3. The highest BCUT2D eigenvalue weighted by atomic mass is 35.5. The van der Waals surface area contributed by atoms with Gasteiger partial charge in [0.05, 0.1) is 21.8 Å². The van der Waals surface area contributed by atoms with Gasteiger partial charge in [-0.15, -0.1) is 11.3 Å². The topological polar surface area (TPSA) is 76.9 Å². The van der Waals surface area contributed by atoms with E-state index in [-0.39, 0.29) is 17.2 Å². The third kappa shape index (κ3) is 4.30. The van der Waals surface area contributed by atoms with Gasteiger partial charge in [-0.25, -0.2) is 9.97 Å². The maximum absolute atomic E-state index is 13.6. The fraction of sp³-hybridized carbons (Fsp3) is 0.217. The van der Waals surface area contributed by atoms with E-state index in [9.17, 15) is 9.59 Å². The van der Waals surface area contributed by atoms with Crippen molar-refractivity contribution in [2.75, 3.05) is 11.1 Å². The number of anilines is 1. The zero-order valence-electron chi connectivity index (χ0n) is 18.0. The van der Waals surface area contributed by atoms with Gasteiger partial charge in [-0.3, -0.25) is 14.2 Å². The number of nitrogens with one attached hydrogen (secondary N) is 1. The summed E-state index contributed by atoms with van der Waals surface area (Å²) in [4.78, 5) is 36.8. The summed E-state index contributed by atoms with van der Waals surface area (Å²) in [5, 5.41) is 4.35. The van der Waals surface area contributed by atoms with Crippen molar-refractivity contribution in [2.45, 2.75) is 32.9 Å². The summed E-state index contributed by atoms with van der Waals surface area (Å²) in [5.74, 6) is 0.251. The summed E-state index contributed by atoms with van der Waals surface area (Å²) in [6.07, 6.45) is 1.47. The first-order chi connectivity index (χ1) is 15.3. The van der Waals surface area contributed by atoms with Gasteiger partial charge in [0.15, 0.2) is 5.16 Å². The second-order valence-electron chi connectivity index (χ2n) is 7.42. The summed E-state index contributed by atoms with van der Waals surface area (Å²) >= 11 is 8.56. The zero-order chi connectivity index (χ0) is 23.0. The first-order valence-electron chi connectivity index (χ1n) is 9.90. The standard InChI is InChI=1S/C23H21ClN4O2S2/c1-12-6-5-7-17(13(12)2)28-22(30)20-14(3)15(4)32-21(20)27-23(28)31-11-19(29)26-18-9-8-16(24)10-25-18/h5-10H,11H2,1-4H3,(H,25,26,29). The van der Waals surface area contributed by atoms with Crippen LogP contribution < -0.4 is 10.9 Å². The molecule has 0 spiro atoms. The van der Waals surface area contributed by atoms with Crippen molar-refractivity contribution in [3.8, 4) is 5.69 Å². The number of nitrogens with zero attached hydrogens (tertiary/aromatic N) is 3. The number of hydrogen-bond acceptors (Lipinski definition) is 6. The van der Waals surface area contributed by atoms with Gasteiger partial charge in [0, 0.05) is 11.1 Å². The Balaban J connectivity index is 1.74. The number of amides is 1. The Kier molecular flexibility index (Phi) is 6.37. The molecule has 0 bridgehead atoms. The second kappa shape index (κ2) is 9.05. The molecule has 164 valence electrons. The molecule has 0 aliphatic carbocycles. The molecule has 32 heavy (non-hydrogen) atoms. The van der Waals surface area contributed by atoms with Crippen LogP contribution in [0.4, 0.5) is 5.82 Å². The van der Waals surface area contributed by atoms with E-state index in [1.54, 1.807) is 16.7 Å². The molecule has 0 saturated carbocycles. The van der Waals surface area contributed by atoms with Gasteiger partial charge in [0.25, 0.3) is 5.56 Å². The number of rotatable bonds is 5. The minimum Gasteiger partial charge on any atom is -0.310 e. The number of thioether (sulfide) groups is 1. The van der Waals surface area contributed by atoms with Gasteiger partial charge in [0.2, 0.25) is 5.91 Å². The predicted octanol–water partition coefficient (Wildman–Crippen LogP) is 5.46. The number of pyridine rings is 1. The molecule has 0 atom stereocenters. The van der Waals surface area contributed by atoms with Crippen LogP contribution in [0.25, 0.3) is 15.9 Å². The van der Waals surface area contributed by atoms with E-state index >= 15 is 0 Å². The summed E-state index contributed by atoms with van der Waals surface area (Å²) in [5.41, 5.74) is 3.68. The van der Waals surface area contributed by atoms with Gasteiger partial charge >= 0.3 is 0 Å². The predicted molar refractivity (Wildman–Crippen MR) is 133 cm³/mol. The lowest BCUT2D eigenvalue weighted by Gasteiger charge is -2.15. The van der Waals surface area contributed by atoms with E-state index < -0.39 is 0 Å². The Hall–Kier alpha value is -2.68. The first-order valence-corrected chi connectivity index (χ1v) is 12.1. The summed E-state index contributed by atoms with van der Waals surface area (Å²) < 4.78 is 1.63. The molecule has 0 aliphatic rings. The Labute approximate surface area is 198 Å². The van der Waals surface area contributed by atoms with Crippen molar-refractivity contribution in [1.82, 2.24) is 14.5 Å². The van der Waals surface area contributed by atoms with Gasteiger partial charge in [-0.2, -0.15) is 0 Å². The Morgan fingerprint density at radius 3 is 2.66 bits per heavy atom. The highest BCUT2D eigenvalue weighted by Crippen LogP contribution is 2.30. The zero-order valence-corrected chi connectivity index (χ0v) is 20.4. The van der Waals surface area contributed by atoms with Crippen molar-refractivity contribution >= 4 is 56.6 Å². The highest BCUT2D eigenvalue weighted by molar-refractivity contribution is 7.99. The fourth-order valence-electron chi connectivity index (χ4n) is 3.32. The monoisotopic (exact) mass is 484 g/mol. The van der Waals surface area contributed by atoms with Crippen molar-refractivity contribution in [2.24, 2.45) is 0 Å². The van der Waals surface area contributed by atoms with Crippen LogP contribution in [0.15, 0.2) is 46.5 Å². The minimum absolute atomic E-state index is 0.0798. The number of carbonyl (C=O) groups excluding carboxylic acids is 1. The van der Waals surface area contributed by atoms with Gasteiger partial charge in [0.1, 0.15) is 10.6 Å². The van der Waals surface area contributed by atoms with E-state index in [2.05, 4.69) is 10.3 Å². The second-order valence-corrected chi connectivity index (χ2v) is 10.00. The SMILES string of the molecule is Cc1cccc(-n2c(SCC(=O)Nc3ccc(Cl)cn3)nc3sc(C)c(C)c3c2=O)c1C. The number of hydrogen-bond donors (Lipinski definition) is 1. The Morgan fingerprint density at radius 2 is 1.94 bits per heavy atom. The maximum atomic E-state index is 13.6. The molecule has 0 saturated heterocycles. The normalized spacial score (nSPS) is 11.2. The summed E-state index contributed by atoms with van der Waals surface area (Å²) in [6.45, 7) is 7.93. The number of halogens is 1. The smallest absolute Gasteiger partial charge is 0.267 e. The molecular weight excluding hydrogens is 464 g/mol. The fourth-order valence-corrected chi connectivity index (χ4v) is 5.31. The van der Waals surface area contributed by atoms with E-state index in [0.717, 1.165) is 27.3 Å². The number of benzene rings is 1. The first kappa shape index (κ1) is 22.5. The molecule has 1 aromatic carbocycles. The van der Waals surface area contributed by atoms with Crippen molar-refractivity contribution < 1.29 is 4.79 Å². The van der Waals surface area contributed by atoms with Crippen LogP contribution in [0.3, 0.4) is 0 Å². The van der Waals surface area contributed by atoms with Crippen LogP contribution in [0.1, 0.15) is 21.6 Å². The largest absolute Gasteiger partial charge is 0.310 e. The lowest BCUT2D eigenvalue weighted by atomic mass is 10.1. The Morgan fingerprint density at radius 1 is 1.16 bits per heavy atom. The minimum atomic E-state index is -0.245. The van der Waals surface area contributed by atoms with Crippen LogP contribution in [0, 0.1) is 27.7 Å². The molecule has 1 N–H and O–H groups in total. The average molecular weight is 485 g/mol. The number of carbonyl (C=O) groups is 1. The van der Waals surface area contributed by atoms with Crippen molar-refractivity contribution in [1.29, 1.82) is 0 Å². The van der Waals surface area contributed by atoms with Crippen molar-refractivity contribution in [3.05, 3.63) is 73.5 Å². The van der Waals surface area contributed by atoms with Gasteiger partial charge < -0.3 is 5.32 Å². The molecule has 3 aromatic heterocycles.